The number of para-hydroxylation sites is 1. The molecular weight excluding hydrogens is 362 g/mol. The Kier molecular flexibility index (Phi) is 4.67. The minimum absolute atomic E-state index is 0.0340. The Morgan fingerprint density at radius 3 is 2.79 bits per heavy atom. The fourth-order valence-corrected chi connectivity index (χ4v) is 2.72. The van der Waals surface area contributed by atoms with Crippen LogP contribution in [0.5, 0.6) is 11.5 Å². The highest BCUT2D eigenvalue weighted by Gasteiger charge is 2.17. The molecule has 0 fully saturated rings. The number of ether oxygens (including phenoxy) is 2. The van der Waals surface area contributed by atoms with Gasteiger partial charge in [-0.1, -0.05) is 23.3 Å². The maximum atomic E-state index is 12.4. The van der Waals surface area contributed by atoms with Gasteiger partial charge < -0.3 is 18.3 Å². The van der Waals surface area contributed by atoms with Crippen LogP contribution in [0.2, 0.25) is 0 Å². The van der Waals surface area contributed by atoms with Crippen molar-refractivity contribution in [2.75, 3.05) is 19.0 Å². The number of hydrogen-bond acceptors (Lipinski definition) is 7. The van der Waals surface area contributed by atoms with E-state index < -0.39 is 5.91 Å². The second-order valence-corrected chi connectivity index (χ2v) is 5.82. The number of nitrogens with zero attached hydrogens (tertiary/aromatic N) is 2. The summed E-state index contributed by atoms with van der Waals surface area (Å²) in [5.74, 6) is 1.36. The molecule has 8 heteroatoms. The van der Waals surface area contributed by atoms with E-state index in [1.54, 1.807) is 30.3 Å². The summed E-state index contributed by atoms with van der Waals surface area (Å²) in [5, 5.41) is 11.2. The monoisotopic (exact) mass is 379 g/mol. The van der Waals surface area contributed by atoms with Crippen LogP contribution < -0.4 is 14.8 Å². The minimum Gasteiger partial charge on any atom is -0.497 e. The summed E-state index contributed by atoms with van der Waals surface area (Å²) in [7, 11) is 1.53. The van der Waals surface area contributed by atoms with Crippen molar-refractivity contribution < 1.29 is 23.1 Å². The standard InChI is InChI=1S/C20H17N3O5/c1-3-26-15-9-5-6-12-11-16(27-17(12)15)19-22-23-20(28-19)21-18(24)13-7-4-8-14(10-13)25-2/h4-11H,3H2,1-2H3,(H,21,23,24). The molecule has 0 bridgehead atoms. The summed E-state index contributed by atoms with van der Waals surface area (Å²) in [6.07, 6.45) is 0. The lowest BCUT2D eigenvalue weighted by Crippen LogP contribution is -2.12. The van der Waals surface area contributed by atoms with Crippen LogP contribution in [0.1, 0.15) is 17.3 Å². The highest BCUT2D eigenvalue weighted by Crippen LogP contribution is 2.33. The SMILES string of the molecule is CCOc1cccc2cc(-c3nnc(NC(=O)c4cccc(OC)c4)o3)oc12. The molecule has 0 aliphatic carbocycles. The normalized spacial score (nSPS) is 10.8. The van der Waals surface area contributed by atoms with E-state index in [0.717, 1.165) is 5.39 Å². The molecule has 4 aromatic rings. The number of carbonyl (C=O) groups excluding carboxylic acids is 1. The van der Waals surface area contributed by atoms with Gasteiger partial charge >= 0.3 is 6.01 Å². The van der Waals surface area contributed by atoms with Crippen LogP contribution in [0.25, 0.3) is 22.6 Å². The molecule has 142 valence electrons. The van der Waals surface area contributed by atoms with E-state index in [9.17, 15) is 4.79 Å². The van der Waals surface area contributed by atoms with Crippen molar-refractivity contribution >= 4 is 22.9 Å². The first-order valence-electron chi connectivity index (χ1n) is 8.62. The van der Waals surface area contributed by atoms with Crippen LogP contribution in [0.15, 0.2) is 57.4 Å². The Labute approximate surface area is 160 Å². The number of aromatic nitrogens is 2. The number of benzene rings is 2. The maximum absolute atomic E-state index is 12.4. The molecule has 0 atom stereocenters. The quantitative estimate of drug-likeness (QED) is 0.537. The Morgan fingerprint density at radius 1 is 1.11 bits per heavy atom. The molecular formula is C20H17N3O5. The molecule has 1 N–H and O–H groups in total. The van der Waals surface area contributed by atoms with Crippen LogP contribution >= 0.6 is 0 Å². The number of hydrogen-bond donors (Lipinski definition) is 1. The fourth-order valence-electron chi connectivity index (χ4n) is 2.72. The van der Waals surface area contributed by atoms with Crippen molar-refractivity contribution in [3.8, 4) is 23.1 Å². The lowest BCUT2D eigenvalue weighted by Gasteiger charge is -2.03. The van der Waals surface area contributed by atoms with Crippen LogP contribution in [-0.2, 0) is 0 Å². The van der Waals surface area contributed by atoms with Crippen molar-refractivity contribution in [2.45, 2.75) is 6.92 Å². The highest BCUT2D eigenvalue weighted by molar-refractivity contribution is 6.03. The van der Waals surface area contributed by atoms with Crippen molar-refractivity contribution in [2.24, 2.45) is 0 Å². The summed E-state index contributed by atoms with van der Waals surface area (Å²) in [6.45, 7) is 2.42. The third-order valence-corrected chi connectivity index (χ3v) is 4.00. The third kappa shape index (κ3) is 3.39. The molecule has 1 amide bonds. The van der Waals surface area contributed by atoms with Gasteiger partial charge in [0.05, 0.1) is 13.7 Å². The number of carbonyl (C=O) groups is 1. The van der Waals surface area contributed by atoms with E-state index in [2.05, 4.69) is 15.5 Å². The first-order valence-corrected chi connectivity index (χ1v) is 8.62. The van der Waals surface area contributed by atoms with Crippen molar-refractivity contribution in [3.05, 3.63) is 54.1 Å². The highest BCUT2D eigenvalue weighted by atomic mass is 16.5. The largest absolute Gasteiger partial charge is 0.497 e. The molecule has 28 heavy (non-hydrogen) atoms. The Hall–Kier alpha value is -3.81. The Balaban J connectivity index is 1.56. The minimum atomic E-state index is -0.391. The molecule has 0 radical (unpaired) electrons. The summed E-state index contributed by atoms with van der Waals surface area (Å²) in [6, 6.07) is 14.1. The third-order valence-electron chi connectivity index (χ3n) is 4.00. The molecule has 0 spiro atoms. The predicted molar refractivity (Wildman–Crippen MR) is 102 cm³/mol. The van der Waals surface area contributed by atoms with E-state index in [-0.39, 0.29) is 11.9 Å². The molecule has 0 unspecified atom stereocenters. The molecule has 2 heterocycles. The van der Waals surface area contributed by atoms with E-state index in [0.29, 0.717) is 35.0 Å². The number of anilines is 1. The molecule has 4 rings (SSSR count). The number of amides is 1. The average Bonchev–Trinajstić information content (AvgIpc) is 3.35. The van der Waals surface area contributed by atoms with Gasteiger partial charge in [-0.3, -0.25) is 10.1 Å². The van der Waals surface area contributed by atoms with Crippen molar-refractivity contribution in [1.82, 2.24) is 10.2 Å². The molecule has 8 nitrogen and oxygen atoms in total. The smallest absolute Gasteiger partial charge is 0.322 e. The van der Waals surface area contributed by atoms with Crippen LogP contribution in [0, 0.1) is 0 Å². The van der Waals surface area contributed by atoms with Crippen LogP contribution in [-0.4, -0.2) is 29.8 Å². The molecule has 0 aliphatic rings. The van der Waals surface area contributed by atoms with E-state index in [1.165, 1.54) is 7.11 Å². The predicted octanol–water partition coefficient (Wildman–Crippen LogP) is 4.14. The zero-order valence-electron chi connectivity index (χ0n) is 15.3. The number of rotatable bonds is 6. The van der Waals surface area contributed by atoms with E-state index in [1.807, 2.05) is 25.1 Å². The van der Waals surface area contributed by atoms with Gasteiger partial charge in [-0.25, -0.2) is 0 Å². The van der Waals surface area contributed by atoms with Crippen molar-refractivity contribution in [3.63, 3.8) is 0 Å². The van der Waals surface area contributed by atoms with Gasteiger partial charge in [0.2, 0.25) is 0 Å². The number of nitrogens with one attached hydrogen (secondary N) is 1. The lowest BCUT2D eigenvalue weighted by atomic mass is 10.2. The van der Waals surface area contributed by atoms with Gasteiger partial charge in [-0.05, 0) is 37.3 Å². The molecule has 2 aromatic carbocycles. The second kappa shape index (κ2) is 7.43. The van der Waals surface area contributed by atoms with Crippen LogP contribution in [0.4, 0.5) is 6.01 Å². The first kappa shape index (κ1) is 17.6. The van der Waals surface area contributed by atoms with Gasteiger partial charge in [0.25, 0.3) is 11.8 Å². The van der Waals surface area contributed by atoms with Gasteiger partial charge in [0, 0.05) is 10.9 Å². The summed E-state index contributed by atoms with van der Waals surface area (Å²) < 4.78 is 22.0. The Bertz CT molecular complexity index is 1130. The number of methoxy groups -OCH3 is 1. The summed E-state index contributed by atoms with van der Waals surface area (Å²) in [5.41, 5.74) is 1.00. The van der Waals surface area contributed by atoms with Gasteiger partial charge in [0.1, 0.15) is 5.75 Å². The first-order chi connectivity index (χ1) is 13.7. The summed E-state index contributed by atoms with van der Waals surface area (Å²) >= 11 is 0. The number of furan rings is 1. The Morgan fingerprint density at radius 2 is 1.96 bits per heavy atom. The summed E-state index contributed by atoms with van der Waals surface area (Å²) in [4.78, 5) is 12.4. The number of fused-ring (bicyclic) bond motifs is 1. The van der Waals surface area contributed by atoms with Gasteiger partial charge in [0.15, 0.2) is 17.1 Å². The zero-order chi connectivity index (χ0) is 19.5. The van der Waals surface area contributed by atoms with E-state index in [4.69, 9.17) is 18.3 Å². The van der Waals surface area contributed by atoms with Gasteiger partial charge in [-0.2, -0.15) is 0 Å². The van der Waals surface area contributed by atoms with Gasteiger partial charge in [-0.15, -0.1) is 5.10 Å². The zero-order valence-corrected chi connectivity index (χ0v) is 15.3. The van der Waals surface area contributed by atoms with E-state index >= 15 is 0 Å². The topological polar surface area (TPSA) is 99.6 Å². The molecule has 2 aromatic heterocycles. The van der Waals surface area contributed by atoms with Crippen LogP contribution in [0.3, 0.4) is 0 Å². The second-order valence-electron chi connectivity index (χ2n) is 5.82. The lowest BCUT2D eigenvalue weighted by molar-refractivity contribution is 0.102. The average molecular weight is 379 g/mol. The molecule has 0 saturated carbocycles. The fraction of sp³-hybridized carbons (Fsp3) is 0.150. The maximum Gasteiger partial charge on any atom is 0.322 e. The molecule has 0 aliphatic heterocycles. The van der Waals surface area contributed by atoms with Crippen molar-refractivity contribution in [1.29, 1.82) is 0 Å². The molecule has 0 saturated heterocycles.